The van der Waals surface area contributed by atoms with Crippen LogP contribution in [0.25, 0.3) is 0 Å². The third-order valence-electron chi connectivity index (χ3n) is 2.32. The van der Waals surface area contributed by atoms with Crippen LogP contribution in [0.1, 0.15) is 18.2 Å². The molecule has 1 aromatic rings. The van der Waals surface area contributed by atoms with E-state index in [0.717, 1.165) is 11.3 Å². The van der Waals surface area contributed by atoms with Gasteiger partial charge in [-0.1, -0.05) is 6.07 Å². The smallest absolute Gasteiger partial charge is 0.243 e. The summed E-state index contributed by atoms with van der Waals surface area (Å²) in [4.78, 5) is 26.8. The molecule has 1 aromatic heterocycles. The Morgan fingerprint density at radius 3 is 2.67 bits per heavy atom. The van der Waals surface area contributed by atoms with Crippen molar-refractivity contribution in [1.29, 1.82) is 0 Å². The number of carbonyl (C=O) groups is 2. The number of thiol groups is 1. The van der Waals surface area contributed by atoms with Crippen LogP contribution in [0.4, 0.5) is 0 Å². The molecule has 0 spiro atoms. The van der Waals surface area contributed by atoms with Crippen LogP contribution < -0.4 is 10.6 Å². The van der Waals surface area contributed by atoms with Gasteiger partial charge in [0.25, 0.3) is 0 Å². The summed E-state index contributed by atoms with van der Waals surface area (Å²) in [5.41, 5.74) is 1.84. The average molecular weight is 267 g/mol. The zero-order valence-electron chi connectivity index (χ0n) is 10.4. The third kappa shape index (κ3) is 4.75. The van der Waals surface area contributed by atoms with E-state index in [4.69, 9.17) is 0 Å². The van der Waals surface area contributed by atoms with Crippen molar-refractivity contribution < 1.29 is 9.59 Å². The Labute approximate surface area is 112 Å². The molecule has 0 aliphatic rings. The van der Waals surface area contributed by atoms with Gasteiger partial charge in [-0.25, -0.2) is 0 Å². The Morgan fingerprint density at radius 1 is 1.44 bits per heavy atom. The number of hydrogen-bond acceptors (Lipinski definition) is 4. The van der Waals surface area contributed by atoms with E-state index in [2.05, 4.69) is 28.2 Å². The first-order chi connectivity index (χ1) is 8.52. The van der Waals surface area contributed by atoms with Crippen LogP contribution in [0.5, 0.6) is 0 Å². The van der Waals surface area contributed by atoms with Crippen molar-refractivity contribution in [2.45, 2.75) is 26.4 Å². The standard InChI is InChI=1S/C12H17N3O2S/c1-8-3-4-10(5-13-8)6-14-12(17)11(7-18)15-9(2)16/h3-5,11,18H,6-7H2,1-2H3,(H,14,17)(H,15,16). The lowest BCUT2D eigenvalue weighted by Gasteiger charge is -2.15. The van der Waals surface area contributed by atoms with Gasteiger partial charge in [0.2, 0.25) is 11.8 Å². The van der Waals surface area contributed by atoms with Gasteiger partial charge in [-0.15, -0.1) is 0 Å². The maximum Gasteiger partial charge on any atom is 0.243 e. The molecule has 1 atom stereocenters. The molecule has 18 heavy (non-hydrogen) atoms. The van der Waals surface area contributed by atoms with Crippen molar-refractivity contribution in [1.82, 2.24) is 15.6 Å². The summed E-state index contributed by atoms with van der Waals surface area (Å²) in [6, 6.07) is 3.17. The van der Waals surface area contributed by atoms with Gasteiger partial charge in [0.15, 0.2) is 0 Å². The van der Waals surface area contributed by atoms with Crippen molar-refractivity contribution >= 4 is 24.4 Å². The topological polar surface area (TPSA) is 71.1 Å². The van der Waals surface area contributed by atoms with Gasteiger partial charge >= 0.3 is 0 Å². The predicted molar refractivity (Wildman–Crippen MR) is 72.3 cm³/mol. The Balaban J connectivity index is 2.49. The van der Waals surface area contributed by atoms with Crippen LogP contribution in [0, 0.1) is 6.92 Å². The second-order valence-corrected chi connectivity index (χ2v) is 4.33. The number of amides is 2. The molecule has 5 nitrogen and oxygen atoms in total. The number of rotatable bonds is 5. The maximum absolute atomic E-state index is 11.8. The van der Waals surface area contributed by atoms with Crippen molar-refractivity contribution in [3.8, 4) is 0 Å². The van der Waals surface area contributed by atoms with Crippen LogP contribution in [-0.4, -0.2) is 28.6 Å². The molecule has 6 heteroatoms. The maximum atomic E-state index is 11.8. The lowest BCUT2D eigenvalue weighted by atomic mass is 10.2. The normalized spacial score (nSPS) is 11.7. The first kappa shape index (κ1) is 14.5. The Kier molecular flexibility index (Phi) is 5.64. The summed E-state index contributed by atoms with van der Waals surface area (Å²) >= 11 is 4.04. The molecule has 0 fully saturated rings. The van der Waals surface area contributed by atoms with Gasteiger partial charge in [0.1, 0.15) is 6.04 Å². The fourth-order valence-electron chi connectivity index (χ4n) is 1.35. The first-order valence-electron chi connectivity index (χ1n) is 5.60. The lowest BCUT2D eigenvalue weighted by Crippen LogP contribution is -2.47. The average Bonchev–Trinajstić information content (AvgIpc) is 2.34. The summed E-state index contributed by atoms with van der Waals surface area (Å²) < 4.78 is 0. The minimum Gasteiger partial charge on any atom is -0.350 e. The predicted octanol–water partition coefficient (Wildman–Crippen LogP) is 0.441. The van der Waals surface area contributed by atoms with Crippen LogP contribution in [0.2, 0.25) is 0 Å². The number of aromatic nitrogens is 1. The molecule has 2 amide bonds. The van der Waals surface area contributed by atoms with Crippen molar-refractivity contribution in [3.63, 3.8) is 0 Å². The quantitative estimate of drug-likeness (QED) is 0.678. The second-order valence-electron chi connectivity index (χ2n) is 3.96. The highest BCUT2D eigenvalue weighted by molar-refractivity contribution is 7.80. The van der Waals surface area contributed by atoms with Crippen LogP contribution in [0.3, 0.4) is 0 Å². The lowest BCUT2D eigenvalue weighted by molar-refractivity contribution is -0.127. The molecule has 0 radical (unpaired) electrons. The number of pyridine rings is 1. The van der Waals surface area contributed by atoms with E-state index in [1.54, 1.807) is 6.20 Å². The van der Waals surface area contributed by atoms with Gasteiger partial charge in [-0.3, -0.25) is 14.6 Å². The molecule has 2 N–H and O–H groups in total. The highest BCUT2D eigenvalue weighted by Gasteiger charge is 2.16. The molecule has 0 aliphatic heterocycles. The summed E-state index contributed by atoms with van der Waals surface area (Å²) in [6.45, 7) is 3.65. The van der Waals surface area contributed by atoms with Crippen LogP contribution in [0.15, 0.2) is 18.3 Å². The Bertz CT molecular complexity index is 420. The van der Waals surface area contributed by atoms with Crippen LogP contribution in [-0.2, 0) is 16.1 Å². The van der Waals surface area contributed by atoms with E-state index in [1.165, 1.54) is 6.92 Å². The monoisotopic (exact) mass is 267 g/mol. The highest BCUT2D eigenvalue weighted by Crippen LogP contribution is 1.99. The fourth-order valence-corrected chi connectivity index (χ4v) is 1.61. The molecule has 0 saturated heterocycles. The van der Waals surface area contributed by atoms with Gasteiger partial charge in [0.05, 0.1) is 0 Å². The number of nitrogens with one attached hydrogen (secondary N) is 2. The molecule has 98 valence electrons. The zero-order chi connectivity index (χ0) is 13.5. The number of hydrogen-bond donors (Lipinski definition) is 3. The number of aryl methyl sites for hydroxylation is 1. The minimum atomic E-state index is -0.607. The van der Waals surface area contributed by atoms with Crippen LogP contribution >= 0.6 is 12.6 Å². The van der Waals surface area contributed by atoms with E-state index in [0.29, 0.717) is 6.54 Å². The minimum absolute atomic E-state index is 0.249. The van der Waals surface area contributed by atoms with Gasteiger partial charge < -0.3 is 10.6 Å². The summed E-state index contributed by atoms with van der Waals surface area (Å²) in [5, 5.41) is 5.26. The molecule has 0 aliphatic carbocycles. The Morgan fingerprint density at radius 2 is 2.17 bits per heavy atom. The molecule has 1 heterocycles. The molecular weight excluding hydrogens is 250 g/mol. The SMILES string of the molecule is CC(=O)NC(CS)C(=O)NCc1ccc(C)nc1. The number of nitrogens with zero attached hydrogens (tertiary/aromatic N) is 1. The fraction of sp³-hybridized carbons (Fsp3) is 0.417. The van der Waals surface area contributed by atoms with E-state index >= 15 is 0 Å². The summed E-state index contributed by atoms with van der Waals surface area (Å²) in [6.07, 6.45) is 1.71. The zero-order valence-corrected chi connectivity index (χ0v) is 11.3. The second kappa shape index (κ2) is 7.00. The highest BCUT2D eigenvalue weighted by atomic mass is 32.1. The largest absolute Gasteiger partial charge is 0.350 e. The molecule has 1 rings (SSSR count). The molecular formula is C12H17N3O2S. The molecule has 0 aromatic carbocycles. The van der Waals surface area contributed by atoms with E-state index in [9.17, 15) is 9.59 Å². The van der Waals surface area contributed by atoms with E-state index in [1.807, 2.05) is 19.1 Å². The summed E-state index contributed by atoms with van der Waals surface area (Å²) in [7, 11) is 0. The third-order valence-corrected chi connectivity index (χ3v) is 2.68. The molecule has 1 unspecified atom stereocenters. The van der Waals surface area contributed by atoms with E-state index < -0.39 is 6.04 Å². The van der Waals surface area contributed by atoms with Crippen molar-refractivity contribution in [3.05, 3.63) is 29.6 Å². The summed E-state index contributed by atoms with van der Waals surface area (Å²) in [5.74, 6) is -0.237. The number of carbonyl (C=O) groups excluding carboxylic acids is 2. The van der Waals surface area contributed by atoms with E-state index in [-0.39, 0.29) is 17.6 Å². The van der Waals surface area contributed by atoms with Crippen molar-refractivity contribution in [2.24, 2.45) is 0 Å². The molecule has 0 bridgehead atoms. The molecule has 0 saturated carbocycles. The van der Waals surface area contributed by atoms with Gasteiger partial charge in [0, 0.05) is 31.1 Å². The van der Waals surface area contributed by atoms with Gasteiger partial charge in [-0.2, -0.15) is 12.6 Å². The van der Waals surface area contributed by atoms with Gasteiger partial charge in [-0.05, 0) is 18.6 Å². The Hall–Kier alpha value is -1.56. The van der Waals surface area contributed by atoms with Crippen molar-refractivity contribution in [2.75, 3.05) is 5.75 Å². The first-order valence-corrected chi connectivity index (χ1v) is 6.23.